The van der Waals surface area contributed by atoms with E-state index in [9.17, 15) is 18.0 Å². The number of halogens is 4. The lowest BCUT2D eigenvalue weighted by Gasteiger charge is -2.16. The molecule has 1 aromatic heterocycles. The van der Waals surface area contributed by atoms with Gasteiger partial charge in [0.15, 0.2) is 17.5 Å². The molecule has 1 aromatic carbocycles. The Labute approximate surface area is 121 Å². The average molecular weight is 349 g/mol. The Kier molecular flexibility index (Phi) is 3.58. The molecule has 1 heterocycles. The van der Waals surface area contributed by atoms with E-state index < -0.39 is 23.0 Å². The number of benzene rings is 1. The maximum Gasteiger partial charge on any atom is 0.285 e. The zero-order valence-electron chi connectivity index (χ0n) is 11.0. The predicted octanol–water partition coefficient (Wildman–Crippen LogP) is 3.64. The number of rotatable bonds is 1. The number of aromatic nitrogens is 2. The van der Waals surface area contributed by atoms with Crippen LogP contribution in [0.15, 0.2) is 21.4 Å². The molecule has 0 unspecified atom stereocenters. The quantitative estimate of drug-likeness (QED) is 0.785. The number of nitrogens with zero attached hydrogens (tertiary/aromatic N) is 1. The third-order valence-electron chi connectivity index (χ3n) is 2.81. The molecule has 20 heavy (non-hydrogen) atoms. The van der Waals surface area contributed by atoms with Crippen molar-refractivity contribution in [1.82, 2.24) is 9.78 Å². The first-order valence-electron chi connectivity index (χ1n) is 5.79. The summed E-state index contributed by atoms with van der Waals surface area (Å²) in [6.07, 6.45) is 0. The molecule has 0 saturated carbocycles. The van der Waals surface area contributed by atoms with Gasteiger partial charge in [-0.1, -0.05) is 20.8 Å². The largest absolute Gasteiger partial charge is 0.293 e. The second kappa shape index (κ2) is 4.80. The Morgan fingerprint density at radius 3 is 2.05 bits per heavy atom. The maximum atomic E-state index is 13.2. The van der Waals surface area contributed by atoms with Gasteiger partial charge in [0.05, 0.1) is 11.4 Å². The molecule has 0 saturated heterocycles. The molecule has 0 radical (unpaired) electrons. The fourth-order valence-electron chi connectivity index (χ4n) is 1.77. The van der Waals surface area contributed by atoms with Gasteiger partial charge in [0.25, 0.3) is 5.56 Å². The van der Waals surface area contributed by atoms with Gasteiger partial charge in [0.1, 0.15) is 4.47 Å². The fraction of sp³-hybridized carbons (Fsp3) is 0.308. The summed E-state index contributed by atoms with van der Waals surface area (Å²) in [6.45, 7) is 5.62. The molecular weight excluding hydrogens is 337 g/mol. The molecule has 0 aliphatic rings. The van der Waals surface area contributed by atoms with E-state index >= 15 is 0 Å². The Balaban J connectivity index is 2.69. The highest BCUT2D eigenvalue weighted by molar-refractivity contribution is 9.10. The molecule has 0 spiro atoms. The molecule has 2 aromatic rings. The fourth-order valence-corrected chi connectivity index (χ4v) is 2.63. The molecule has 0 amide bonds. The van der Waals surface area contributed by atoms with Crippen molar-refractivity contribution in [3.05, 3.63) is 50.1 Å². The first kappa shape index (κ1) is 14.9. The van der Waals surface area contributed by atoms with E-state index in [0.29, 0.717) is 5.69 Å². The van der Waals surface area contributed by atoms with Gasteiger partial charge in [-0.25, -0.2) is 17.9 Å². The van der Waals surface area contributed by atoms with Gasteiger partial charge in [-0.2, -0.15) is 0 Å². The number of H-pyrrole nitrogens is 1. The molecule has 0 atom stereocenters. The highest BCUT2D eigenvalue weighted by atomic mass is 79.9. The van der Waals surface area contributed by atoms with E-state index in [0.717, 1.165) is 16.8 Å². The van der Waals surface area contributed by atoms with Gasteiger partial charge in [-0.3, -0.25) is 9.89 Å². The van der Waals surface area contributed by atoms with E-state index in [-0.39, 0.29) is 15.6 Å². The molecular formula is C13H12BrF3N2O. The van der Waals surface area contributed by atoms with Crippen molar-refractivity contribution in [3.8, 4) is 5.69 Å². The van der Waals surface area contributed by atoms with Crippen molar-refractivity contribution in [3.63, 3.8) is 0 Å². The van der Waals surface area contributed by atoms with Crippen LogP contribution in [0.1, 0.15) is 26.5 Å². The van der Waals surface area contributed by atoms with E-state index in [1.807, 2.05) is 20.8 Å². The van der Waals surface area contributed by atoms with Gasteiger partial charge < -0.3 is 0 Å². The number of aromatic amines is 1. The van der Waals surface area contributed by atoms with Gasteiger partial charge in [-0.05, 0) is 15.9 Å². The van der Waals surface area contributed by atoms with Crippen molar-refractivity contribution in [2.24, 2.45) is 0 Å². The first-order valence-corrected chi connectivity index (χ1v) is 6.58. The SMILES string of the molecule is CC(C)(C)c1[nH]n(-c2cc(F)c(F)c(F)c2)c(=O)c1Br. The van der Waals surface area contributed by atoms with Crippen LogP contribution in [-0.2, 0) is 5.41 Å². The number of hydrogen-bond acceptors (Lipinski definition) is 1. The minimum Gasteiger partial charge on any atom is -0.293 e. The summed E-state index contributed by atoms with van der Waals surface area (Å²) in [5.41, 5.74) is -0.407. The zero-order chi connectivity index (χ0) is 15.2. The second-order valence-electron chi connectivity index (χ2n) is 5.41. The van der Waals surface area contributed by atoms with Crippen molar-refractivity contribution in [1.29, 1.82) is 0 Å². The maximum absolute atomic E-state index is 13.2. The standard InChI is InChI=1S/C13H12BrF3N2O/c1-13(2,3)11-9(14)12(20)19(18-11)6-4-7(15)10(17)8(16)5-6/h4-5,18H,1-3H3. The zero-order valence-corrected chi connectivity index (χ0v) is 12.6. The summed E-state index contributed by atoms with van der Waals surface area (Å²) in [5.74, 6) is -4.27. The normalized spacial score (nSPS) is 11.9. The van der Waals surface area contributed by atoms with Crippen LogP contribution in [0.2, 0.25) is 0 Å². The molecule has 7 heteroatoms. The van der Waals surface area contributed by atoms with E-state index in [4.69, 9.17) is 0 Å². The molecule has 3 nitrogen and oxygen atoms in total. The molecule has 0 aliphatic heterocycles. The summed E-state index contributed by atoms with van der Waals surface area (Å²) in [6, 6.07) is 1.52. The Morgan fingerprint density at radius 1 is 1.15 bits per heavy atom. The molecule has 0 aliphatic carbocycles. The Bertz CT molecular complexity index is 705. The van der Waals surface area contributed by atoms with Crippen LogP contribution < -0.4 is 5.56 Å². The van der Waals surface area contributed by atoms with Crippen LogP contribution in [0.4, 0.5) is 13.2 Å². The lowest BCUT2D eigenvalue weighted by atomic mass is 9.93. The summed E-state index contributed by atoms with van der Waals surface area (Å²) < 4.78 is 40.7. The van der Waals surface area contributed by atoms with Crippen molar-refractivity contribution in [2.75, 3.05) is 0 Å². The van der Waals surface area contributed by atoms with Crippen LogP contribution >= 0.6 is 15.9 Å². The van der Waals surface area contributed by atoms with E-state index in [1.165, 1.54) is 0 Å². The second-order valence-corrected chi connectivity index (χ2v) is 6.21. The van der Waals surface area contributed by atoms with Crippen LogP contribution in [0.3, 0.4) is 0 Å². The van der Waals surface area contributed by atoms with Crippen LogP contribution in [0.25, 0.3) is 5.69 Å². The van der Waals surface area contributed by atoms with Crippen LogP contribution in [0, 0.1) is 17.5 Å². The van der Waals surface area contributed by atoms with E-state index in [1.54, 1.807) is 0 Å². The summed E-state index contributed by atoms with van der Waals surface area (Å²) in [7, 11) is 0. The molecule has 108 valence electrons. The monoisotopic (exact) mass is 348 g/mol. The van der Waals surface area contributed by atoms with Gasteiger partial charge >= 0.3 is 0 Å². The third kappa shape index (κ3) is 2.42. The van der Waals surface area contributed by atoms with Gasteiger partial charge in [0.2, 0.25) is 0 Å². The molecule has 0 fully saturated rings. The molecule has 2 rings (SSSR count). The summed E-state index contributed by atoms with van der Waals surface area (Å²) in [5, 5.41) is 2.78. The van der Waals surface area contributed by atoms with Crippen LogP contribution in [0.5, 0.6) is 0 Å². The average Bonchev–Trinajstić information content (AvgIpc) is 2.62. The van der Waals surface area contributed by atoms with E-state index in [2.05, 4.69) is 21.0 Å². The minimum atomic E-state index is -1.57. The number of hydrogen-bond donors (Lipinski definition) is 1. The van der Waals surface area contributed by atoms with Crippen molar-refractivity contribution >= 4 is 15.9 Å². The van der Waals surface area contributed by atoms with Crippen molar-refractivity contribution in [2.45, 2.75) is 26.2 Å². The highest BCUT2D eigenvalue weighted by Crippen LogP contribution is 2.26. The lowest BCUT2D eigenvalue weighted by Crippen LogP contribution is -2.15. The van der Waals surface area contributed by atoms with Gasteiger partial charge in [-0.15, -0.1) is 0 Å². The van der Waals surface area contributed by atoms with Crippen LogP contribution in [-0.4, -0.2) is 9.78 Å². The third-order valence-corrected chi connectivity index (χ3v) is 3.55. The Hall–Kier alpha value is -1.50. The summed E-state index contributed by atoms with van der Waals surface area (Å²) >= 11 is 3.16. The minimum absolute atomic E-state index is 0.109. The van der Waals surface area contributed by atoms with Gasteiger partial charge in [0, 0.05) is 17.5 Å². The lowest BCUT2D eigenvalue weighted by molar-refractivity contribution is 0.445. The molecule has 1 N–H and O–H groups in total. The predicted molar refractivity (Wildman–Crippen MR) is 72.7 cm³/mol. The number of nitrogens with one attached hydrogen (secondary N) is 1. The Morgan fingerprint density at radius 2 is 1.65 bits per heavy atom. The topological polar surface area (TPSA) is 37.8 Å². The first-order chi connectivity index (χ1) is 9.12. The smallest absolute Gasteiger partial charge is 0.285 e. The molecule has 0 bridgehead atoms. The van der Waals surface area contributed by atoms with Crippen molar-refractivity contribution < 1.29 is 13.2 Å². The highest BCUT2D eigenvalue weighted by Gasteiger charge is 2.24. The summed E-state index contributed by atoms with van der Waals surface area (Å²) in [4.78, 5) is 12.1.